The molecule has 0 spiro atoms. The van der Waals surface area contributed by atoms with Gasteiger partial charge >= 0.3 is 0 Å². The highest BCUT2D eigenvalue weighted by Crippen LogP contribution is 2.24. The van der Waals surface area contributed by atoms with Gasteiger partial charge in [-0.1, -0.05) is 23.8 Å². The number of nitrogens with two attached hydrogens (primary N) is 1. The average molecular weight is 287 g/mol. The standard InChI is InChI=1S/C17H21NOS/c1-11-5-6-17(16(18)9-11)20(19)10-15-13(3)7-12(2)8-14(15)4/h5-9H,10,18H2,1-4H3. The van der Waals surface area contributed by atoms with Crippen molar-refractivity contribution in [3.8, 4) is 0 Å². The van der Waals surface area contributed by atoms with E-state index in [0.29, 0.717) is 11.4 Å². The lowest BCUT2D eigenvalue weighted by molar-refractivity contribution is 0.682. The predicted octanol–water partition coefficient (Wildman–Crippen LogP) is 3.81. The third-order valence-corrected chi connectivity index (χ3v) is 4.94. The first kappa shape index (κ1) is 14.8. The van der Waals surface area contributed by atoms with Crippen LogP contribution in [0.3, 0.4) is 0 Å². The molecule has 1 unspecified atom stereocenters. The van der Waals surface area contributed by atoms with Crippen LogP contribution in [0.5, 0.6) is 0 Å². The highest BCUT2D eigenvalue weighted by atomic mass is 32.2. The second-order valence-electron chi connectivity index (χ2n) is 5.41. The normalized spacial score (nSPS) is 12.4. The summed E-state index contributed by atoms with van der Waals surface area (Å²) in [6.07, 6.45) is 0. The minimum atomic E-state index is -1.11. The Morgan fingerprint density at radius 1 is 0.950 bits per heavy atom. The molecule has 0 aliphatic carbocycles. The molecule has 0 saturated heterocycles. The second-order valence-corrected chi connectivity index (χ2v) is 6.83. The molecule has 1 atom stereocenters. The Balaban J connectivity index is 2.33. The van der Waals surface area contributed by atoms with Crippen LogP contribution >= 0.6 is 0 Å². The maximum absolute atomic E-state index is 12.6. The van der Waals surface area contributed by atoms with E-state index in [1.807, 2.05) is 25.1 Å². The Hall–Kier alpha value is -1.61. The van der Waals surface area contributed by atoms with Crippen LogP contribution in [0.25, 0.3) is 0 Å². The van der Waals surface area contributed by atoms with Crippen LogP contribution in [0.15, 0.2) is 35.2 Å². The molecule has 0 saturated carbocycles. The summed E-state index contributed by atoms with van der Waals surface area (Å²) < 4.78 is 12.6. The quantitative estimate of drug-likeness (QED) is 0.872. The average Bonchev–Trinajstić information content (AvgIpc) is 2.33. The predicted molar refractivity (Wildman–Crippen MR) is 86.4 cm³/mol. The lowest BCUT2D eigenvalue weighted by atomic mass is 10.0. The van der Waals surface area contributed by atoms with Crippen molar-refractivity contribution < 1.29 is 4.21 Å². The van der Waals surface area contributed by atoms with Crippen molar-refractivity contribution in [1.82, 2.24) is 0 Å². The van der Waals surface area contributed by atoms with Crippen LogP contribution in [0, 0.1) is 27.7 Å². The Kier molecular flexibility index (Phi) is 4.29. The number of aryl methyl sites for hydroxylation is 4. The maximum atomic E-state index is 12.6. The van der Waals surface area contributed by atoms with Crippen LogP contribution in [0.1, 0.15) is 27.8 Å². The monoisotopic (exact) mass is 287 g/mol. The number of nitrogen functional groups attached to an aromatic ring is 1. The van der Waals surface area contributed by atoms with Crippen LogP contribution in [0.4, 0.5) is 5.69 Å². The molecule has 2 rings (SSSR count). The number of hydrogen-bond acceptors (Lipinski definition) is 2. The van der Waals surface area contributed by atoms with E-state index in [1.54, 1.807) is 0 Å². The molecule has 0 aliphatic heterocycles. The molecule has 0 aliphatic rings. The summed E-state index contributed by atoms with van der Waals surface area (Å²) in [5.74, 6) is 0.519. The molecule has 0 bridgehead atoms. The van der Waals surface area contributed by atoms with Crippen molar-refractivity contribution in [2.45, 2.75) is 38.3 Å². The van der Waals surface area contributed by atoms with Crippen molar-refractivity contribution in [2.24, 2.45) is 0 Å². The molecule has 2 N–H and O–H groups in total. The highest BCUT2D eigenvalue weighted by molar-refractivity contribution is 7.84. The van der Waals surface area contributed by atoms with Gasteiger partial charge in [0.1, 0.15) is 0 Å². The zero-order valence-electron chi connectivity index (χ0n) is 12.5. The second kappa shape index (κ2) is 5.80. The van der Waals surface area contributed by atoms with E-state index in [1.165, 1.54) is 16.7 Å². The van der Waals surface area contributed by atoms with Gasteiger partial charge in [-0.05, 0) is 62.1 Å². The van der Waals surface area contributed by atoms with Crippen molar-refractivity contribution in [2.75, 3.05) is 5.73 Å². The van der Waals surface area contributed by atoms with E-state index in [0.717, 1.165) is 16.0 Å². The van der Waals surface area contributed by atoms with Crippen LogP contribution in [0.2, 0.25) is 0 Å². The van der Waals surface area contributed by atoms with E-state index in [2.05, 4.69) is 32.9 Å². The first-order valence-corrected chi connectivity index (χ1v) is 8.01. The fourth-order valence-electron chi connectivity index (χ4n) is 2.52. The molecule has 3 heteroatoms. The molecule has 0 fully saturated rings. The minimum absolute atomic E-state index is 0.519. The SMILES string of the molecule is Cc1cc(C)c(CS(=O)c2ccc(C)cc2N)c(C)c1. The molecule has 0 amide bonds. The Morgan fingerprint density at radius 2 is 1.55 bits per heavy atom. The van der Waals surface area contributed by atoms with E-state index in [-0.39, 0.29) is 0 Å². The molecule has 0 heterocycles. The smallest absolute Gasteiger partial charge is 0.0621 e. The number of hydrogen-bond donors (Lipinski definition) is 1. The number of benzene rings is 2. The van der Waals surface area contributed by atoms with Gasteiger partial charge in [0.2, 0.25) is 0 Å². The topological polar surface area (TPSA) is 43.1 Å². The van der Waals surface area contributed by atoms with Gasteiger partial charge in [-0.15, -0.1) is 0 Å². The molecular weight excluding hydrogens is 266 g/mol. The van der Waals surface area contributed by atoms with E-state index in [9.17, 15) is 4.21 Å². The Morgan fingerprint density at radius 3 is 2.10 bits per heavy atom. The molecule has 2 aromatic rings. The summed E-state index contributed by atoms with van der Waals surface area (Å²) in [6, 6.07) is 9.98. The number of rotatable bonds is 3. The molecule has 2 nitrogen and oxygen atoms in total. The van der Waals surface area contributed by atoms with Crippen LogP contribution in [-0.2, 0) is 16.6 Å². The van der Waals surface area contributed by atoms with Gasteiger partial charge in [0.25, 0.3) is 0 Å². The van der Waals surface area contributed by atoms with Crippen LogP contribution < -0.4 is 5.73 Å². The summed E-state index contributed by atoms with van der Waals surface area (Å²) in [4.78, 5) is 0.731. The fraction of sp³-hybridized carbons (Fsp3) is 0.294. The summed E-state index contributed by atoms with van der Waals surface area (Å²) >= 11 is 0. The summed E-state index contributed by atoms with van der Waals surface area (Å²) in [5, 5.41) is 0. The number of anilines is 1. The van der Waals surface area contributed by atoms with Gasteiger partial charge in [-0.25, -0.2) is 0 Å². The van der Waals surface area contributed by atoms with Crippen molar-refractivity contribution in [3.63, 3.8) is 0 Å². The van der Waals surface area contributed by atoms with Crippen molar-refractivity contribution in [3.05, 3.63) is 58.1 Å². The zero-order valence-corrected chi connectivity index (χ0v) is 13.3. The summed E-state index contributed by atoms with van der Waals surface area (Å²) in [7, 11) is -1.11. The third-order valence-electron chi connectivity index (χ3n) is 3.53. The van der Waals surface area contributed by atoms with E-state index < -0.39 is 10.8 Å². The lowest BCUT2D eigenvalue weighted by Gasteiger charge is -2.12. The van der Waals surface area contributed by atoms with E-state index >= 15 is 0 Å². The minimum Gasteiger partial charge on any atom is -0.398 e. The lowest BCUT2D eigenvalue weighted by Crippen LogP contribution is -2.04. The Bertz CT molecular complexity index is 654. The first-order valence-electron chi connectivity index (χ1n) is 6.69. The van der Waals surface area contributed by atoms with Gasteiger partial charge in [-0.2, -0.15) is 0 Å². The largest absolute Gasteiger partial charge is 0.398 e. The Labute approximate surface area is 123 Å². The molecule has 106 valence electrons. The van der Waals surface area contributed by atoms with Crippen LogP contribution in [-0.4, -0.2) is 4.21 Å². The summed E-state index contributed by atoms with van der Waals surface area (Å²) in [6.45, 7) is 8.21. The molecule has 0 aromatic heterocycles. The first-order chi connectivity index (χ1) is 9.38. The van der Waals surface area contributed by atoms with Crippen molar-refractivity contribution in [1.29, 1.82) is 0 Å². The van der Waals surface area contributed by atoms with Gasteiger partial charge in [0.05, 0.1) is 21.4 Å². The zero-order chi connectivity index (χ0) is 14.9. The fourth-order valence-corrected chi connectivity index (χ4v) is 3.94. The van der Waals surface area contributed by atoms with Gasteiger partial charge in [0, 0.05) is 5.69 Å². The highest BCUT2D eigenvalue weighted by Gasteiger charge is 2.12. The van der Waals surface area contributed by atoms with Gasteiger partial charge < -0.3 is 5.73 Å². The van der Waals surface area contributed by atoms with Crippen molar-refractivity contribution >= 4 is 16.5 Å². The third kappa shape index (κ3) is 3.10. The molecule has 2 aromatic carbocycles. The van der Waals surface area contributed by atoms with E-state index in [4.69, 9.17) is 5.73 Å². The van der Waals surface area contributed by atoms with Gasteiger partial charge in [0.15, 0.2) is 0 Å². The maximum Gasteiger partial charge on any atom is 0.0621 e. The summed E-state index contributed by atoms with van der Waals surface area (Å²) in [5.41, 5.74) is 12.5. The molecule has 20 heavy (non-hydrogen) atoms. The molecule has 0 radical (unpaired) electrons. The van der Waals surface area contributed by atoms with Gasteiger partial charge in [-0.3, -0.25) is 4.21 Å². The molecular formula is C17H21NOS.